The molecule has 1 nitrogen and oxygen atoms in total. The molecule has 0 saturated carbocycles. The standard InChI is InChI=1S/C10H14BrNS/c1-10(2,3)7-13-9-4-8(11)5-12-6-9/h4-6H,7H2,1-3H3. The summed E-state index contributed by atoms with van der Waals surface area (Å²) in [6, 6.07) is 2.10. The molecule has 0 unspecified atom stereocenters. The van der Waals surface area contributed by atoms with Crippen molar-refractivity contribution in [1.29, 1.82) is 0 Å². The predicted octanol–water partition coefficient (Wildman–Crippen LogP) is 3.98. The number of halogens is 1. The van der Waals surface area contributed by atoms with Crippen LogP contribution in [0.3, 0.4) is 0 Å². The van der Waals surface area contributed by atoms with E-state index in [0.717, 1.165) is 10.2 Å². The highest BCUT2D eigenvalue weighted by molar-refractivity contribution is 9.10. The zero-order valence-electron chi connectivity index (χ0n) is 8.17. The average molecular weight is 260 g/mol. The molecule has 0 amide bonds. The minimum Gasteiger partial charge on any atom is -0.262 e. The van der Waals surface area contributed by atoms with Crippen LogP contribution in [0.25, 0.3) is 0 Å². The number of hydrogen-bond acceptors (Lipinski definition) is 2. The molecule has 1 heterocycles. The van der Waals surface area contributed by atoms with Gasteiger partial charge < -0.3 is 0 Å². The van der Waals surface area contributed by atoms with E-state index < -0.39 is 0 Å². The zero-order chi connectivity index (χ0) is 9.90. The Morgan fingerprint density at radius 3 is 2.62 bits per heavy atom. The van der Waals surface area contributed by atoms with Gasteiger partial charge in [0.15, 0.2) is 0 Å². The Bertz CT molecular complexity index is 280. The van der Waals surface area contributed by atoms with Gasteiger partial charge in [0.25, 0.3) is 0 Å². The van der Waals surface area contributed by atoms with Crippen LogP contribution in [0, 0.1) is 5.41 Å². The molecule has 0 aliphatic carbocycles. The first-order valence-corrected chi connectivity index (χ1v) is 5.99. The van der Waals surface area contributed by atoms with E-state index in [1.807, 2.05) is 18.0 Å². The Balaban J connectivity index is 2.55. The minimum atomic E-state index is 0.368. The van der Waals surface area contributed by atoms with E-state index in [1.54, 1.807) is 6.20 Å². The Morgan fingerprint density at radius 1 is 1.38 bits per heavy atom. The highest BCUT2D eigenvalue weighted by Gasteiger charge is 2.10. The molecule has 0 radical (unpaired) electrons. The second-order valence-electron chi connectivity index (χ2n) is 4.19. The fourth-order valence-corrected chi connectivity index (χ4v) is 2.23. The molecule has 0 atom stereocenters. The van der Waals surface area contributed by atoms with Crippen molar-refractivity contribution >= 4 is 27.7 Å². The van der Waals surface area contributed by atoms with Crippen molar-refractivity contribution in [2.45, 2.75) is 25.7 Å². The molecule has 13 heavy (non-hydrogen) atoms. The van der Waals surface area contributed by atoms with Gasteiger partial charge in [-0.05, 0) is 27.4 Å². The van der Waals surface area contributed by atoms with E-state index in [4.69, 9.17) is 0 Å². The van der Waals surface area contributed by atoms with Gasteiger partial charge >= 0.3 is 0 Å². The van der Waals surface area contributed by atoms with Gasteiger partial charge in [0.1, 0.15) is 0 Å². The molecule has 0 bridgehead atoms. The molecule has 0 aromatic carbocycles. The van der Waals surface area contributed by atoms with E-state index in [2.05, 4.69) is 47.8 Å². The van der Waals surface area contributed by atoms with Gasteiger partial charge in [0.05, 0.1) is 0 Å². The first-order valence-electron chi connectivity index (χ1n) is 4.21. The normalized spacial score (nSPS) is 11.7. The fraction of sp³-hybridized carbons (Fsp3) is 0.500. The molecule has 1 aromatic rings. The van der Waals surface area contributed by atoms with Gasteiger partial charge in [0.2, 0.25) is 0 Å². The number of pyridine rings is 1. The summed E-state index contributed by atoms with van der Waals surface area (Å²) in [5, 5.41) is 0. The highest BCUT2D eigenvalue weighted by Crippen LogP contribution is 2.27. The van der Waals surface area contributed by atoms with Gasteiger partial charge in [-0.1, -0.05) is 20.8 Å². The lowest BCUT2D eigenvalue weighted by Gasteiger charge is -2.16. The zero-order valence-corrected chi connectivity index (χ0v) is 10.6. The van der Waals surface area contributed by atoms with E-state index >= 15 is 0 Å². The topological polar surface area (TPSA) is 12.9 Å². The van der Waals surface area contributed by atoms with Crippen LogP contribution in [0.15, 0.2) is 27.8 Å². The Morgan fingerprint density at radius 2 is 2.08 bits per heavy atom. The number of rotatable bonds is 2. The third-order valence-corrected chi connectivity index (χ3v) is 3.35. The van der Waals surface area contributed by atoms with Crippen molar-refractivity contribution in [3.05, 3.63) is 22.9 Å². The molecule has 0 fully saturated rings. The Labute approximate surface area is 92.5 Å². The smallest absolute Gasteiger partial charge is 0.0411 e. The summed E-state index contributed by atoms with van der Waals surface area (Å²) in [6.07, 6.45) is 3.71. The molecular formula is C10H14BrNS. The average Bonchev–Trinajstić information content (AvgIpc) is 2.00. The maximum atomic E-state index is 4.12. The molecule has 1 rings (SSSR count). The number of aromatic nitrogens is 1. The van der Waals surface area contributed by atoms with E-state index in [-0.39, 0.29) is 0 Å². The quantitative estimate of drug-likeness (QED) is 0.746. The van der Waals surface area contributed by atoms with E-state index in [9.17, 15) is 0 Å². The maximum Gasteiger partial charge on any atom is 0.0411 e. The summed E-state index contributed by atoms with van der Waals surface area (Å²) in [4.78, 5) is 5.34. The molecule has 0 aliphatic rings. The fourth-order valence-electron chi connectivity index (χ4n) is 0.771. The first-order chi connectivity index (χ1) is 5.97. The van der Waals surface area contributed by atoms with Crippen molar-refractivity contribution in [3.63, 3.8) is 0 Å². The Hall–Kier alpha value is -0.0200. The van der Waals surface area contributed by atoms with Crippen molar-refractivity contribution < 1.29 is 0 Å². The van der Waals surface area contributed by atoms with Crippen LogP contribution in [0.2, 0.25) is 0 Å². The molecule has 0 saturated heterocycles. The molecule has 0 N–H and O–H groups in total. The highest BCUT2D eigenvalue weighted by atomic mass is 79.9. The van der Waals surface area contributed by atoms with Crippen LogP contribution >= 0.6 is 27.7 Å². The lowest BCUT2D eigenvalue weighted by molar-refractivity contribution is 0.481. The van der Waals surface area contributed by atoms with E-state index in [1.165, 1.54) is 4.90 Å². The lowest BCUT2D eigenvalue weighted by atomic mass is 10.0. The van der Waals surface area contributed by atoms with Crippen molar-refractivity contribution in [2.24, 2.45) is 5.41 Å². The van der Waals surface area contributed by atoms with Crippen molar-refractivity contribution in [2.75, 3.05) is 5.75 Å². The van der Waals surface area contributed by atoms with Gasteiger partial charge in [-0.2, -0.15) is 0 Å². The molecule has 0 aliphatic heterocycles. The molecule has 1 aromatic heterocycles. The second-order valence-corrected chi connectivity index (χ2v) is 6.15. The van der Waals surface area contributed by atoms with Crippen LogP contribution in [-0.2, 0) is 0 Å². The summed E-state index contributed by atoms with van der Waals surface area (Å²) in [6.45, 7) is 6.72. The number of nitrogens with zero attached hydrogens (tertiary/aromatic N) is 1. The SMILES string of the molecule is CC(C)(C)CSc1cncc(Br)c1. The summed E-state index contributed by atoms with van der Waals surface area (Å²) in [5.74, 6) is 1.12. The van der Waals surface area contributed by atoms with Gasteiger partial charge in [-0.3, -0.25) is 4.98 Å². The van der Waals surface area contributed by atoms with Crippen LogP contribution in [-0.4, -0.2) is 10.7 Å². The van der Waals surface area contributed by atoms with Gasteiger partial charge in [-0.15, -0.1) is 11.8 Å². The Kier molecular flexibility index (Phi) is 3.80. The second kappa shape index (κ2) is 4.47. The largest absolute Gasteiger partial charge is 0.262 e. The third kappa shape index (κ3) is 4.67. The van der Waals surface area contributed by atoms with Crippen LogP contribution in [0.5, 0.6) is 0 Å². The number of hydrogen-bond donors (Lipinski definition) is 0. The molecule has 0 spiro atoms. The minimum absolute atomic E-state index is 0.368. The summed E-state index contributed by atoms with van der Waals surface area (Å²) in [7, 11) is 0. The van der Waals surface area contributed by atoms with Crippen LogP contribution < -0.4 is 0 Å². The van der Waals surface area contributed by atoms with Gasteiger partial charge in [0, 0.05) is 27.5 Å². The monoisotopic (exact) mass is 259 g/mol. The van der Waals surface area contributed by atoms with Crippen molar-refractivity contribution in [3.8, 4) is 0 Å². The van der Waals surface area contributed by atoms with Crippen LogP contribution in [0.4, 0.5) is 0 Å². The first kappa shape index (κ1) is 11.1. The maximum absolute atomic E-state index is 4.12. The van der Waals surface area contributed by atoms with Gasteiger partial charge in [-0.25, -0.2) is 0 Å². The molecule has 3 heteroatoms. The number of thioether (sulfide) groups is 1. The molecule has 72 valence electrons. The summed E-state index contributed by atoms with van der Waals surface area (Å²) >= 11 is 5.26. The predicted molar refractivity (Wildman–Crippen MR) is 62.1 cm³/mol. The summed E-state index contributed by atoms with van der Waals surface area (Å²) < 4.78 is 1.05. The van der Waals surface area contributed by atoms with E-state index in [0.29, 0.717) is 5.41 Å². The van der Waals surface area contributed by atoms with Crippen LogP contribution in [0.1, 0.15) is 20.8 Å². The third-order valence-electron chi connectivity index (χ3n) is 1.35. The lowest BCUT2D eigenvalue weighted by Crippen LogP contribution is -2.07. The van der Waals surface area contributed by atoms with Crippen molar-refractivity contribution in [1.82, 2.24) is 4.98 Å². The molecular weight excluding hydrogens is 246 g/mol. The summed E-state index contributed by atoms with van der Waals surface area (Å²) in [5.41, 5.74) is 0.368.